The molecule has 1 saturated carbocycles. The van der Waals surface area contributed by atoms with E-state index in [0.717, 1.165) is 63.8 Å². The van der Waals surface area contributed by atoms with Crippen molar-refractivity contribution < 1.29 is 9.32 Å². The molecular weight excluding hydrogens is 483 g/mol. The maximum absolute atomic E-state index is 12.2. The molecule has 1 aliphatic carbocycles. The summed E-state index contributed by atoms with van der Waals surface area (Å²) in [5.74, 6) is 1.36. The minimum Gasteiger partial charge on any atom is -0.364 e. The van der Waals surface area contributed by atoms with Gasteiger partial charge in [-0.1, -0.05) is 24.4 Å². The van der Waals surface area contributed by atoms with E-state index >= 15 is 0 Å². The Morgan fingerprint density at radius 1 is 1.21 bits per heavy atom. The zero-order valence-electron chi connectivity index (χ0n) is 17.4. The molecule has 1 saturated heterocycles. The highest BCUT2D eigenvalue weighted by atomic mass is 127. The molecule has 0 bridgehead atoms. The topological polar surface area (TPSA) is 86.0 Å². The van der Waals surface area contributed by atoms with Crippen molar-refractivity contribution in [2.75, 3.05) is 45.8 Å². The van der Waals surface area contributed by atoms with Crippen LogP contribution in [0, 0.1) is 5.92 Å². The Kier molecular flexibility index (Phi) is 10.8. The number of halogens is 1. The molecule has 1 amide bonds. The van der Waals surface area contributed by atoms with E-state index in [1.165, 1.54) is 19.3 Å². The summed E-state index contributed by atoms with van der Waals surface area (Å²) in [7, 11) is 0. The van der Waals surface area contributed by atoms with Crippen LogP contribution in [0.5, 0.6) is 0 Å². The summed E-state index contributed by atoms with van der Waals surface area (Å²) in [6.45, 7) is 8.76. The van der Waals surface area contributed by atoms with Crippen LogP contribution in [0.2, 0.25) is 0 Å². The molecule has 1 aliphatic heterocycles. The predicted octanol–water partition coefficient (Wildman–Crippen LogP) is 2.07. The molecule has 1 aromatic rings. The molecule has 0 atom stereocenters. The highest BCUT2D eigenvalue weighted by molar-refractivity contribution is 14.0. The second-order valence-electron chi connectivity index (χ2n) is 7.62. The number of carbonyl (C=O) groups is 1. The van der Waals surface area contributed by atoms with E-state index in [0.29, 0.717) is 13.1 Å². The predicted molar refractivity (Wildman–Crippen MR) is 124 cm³/mol. The van der Waals surface area contributed by atoms with Crippen molar-refractivity contribution in [1.82, 2.24) is 25.6 Å². The summed E-state index contributed by atoms with van der Waals surface area (Å²) in [5.41, 5.74) is 0.975. The fraction of sp³-hybridized carbons (Fsp3) is 0.750. The van der Waals surface area contributed by atoms with Crippen LogP contribution < -0.4 is 10.6 Å². The number of aliphatic imine (C=N–C) groups is 1. The first kappa shape index (κ1) is 23.9. The summed E-state index contributed by atoms with van der Waals surface area (Å²) < 4.78 is 4.91. The molecule has 2 heterocycles. The molecule has 29 heavy (non-hydrogen) atoms. The third kappa shape index (κ3) is 7.76. The van der Waals surface area contributed by atoms with E-state index in [1.807, 2.05) is 6.07 Å². The quantitative estimate of drug-likeness (QED) is 0.249. The van der Waals surface area contributed by atoms with Crippen molar-refractivity contribution in [2.24, 2.45) is 10.9 Å². The third-order valence-corrected chi connectivity index (χ3v) is 5.53. The molecule has 0 radical (unpaired) electrons. The average Bonchev–Trinajstić information content (AvgIpc) is 3.24. The van der Waals surface area contributed by atoms with Gasteiger partial charge in [0, 0.05) is 57.8 Å². The van der Waals surface area contributed by atoms with Gasteiger partial charge in [-0.05, 0) is 19.8 Å². The van der Waals surface area contributed by atoms with Crippen molar-refractivity contribution in [1.29, 1.82) is 0 Å². The van der Waals surface area contributed by atoms with Gasteiger partial charge in [0.1, 0.15) is 6.26 Å². The molecule has 164 valence electrons. The second-order valence-corrected chi connectivity index (χ2v) is 7.62. The summed E-state index contributed by atoms with van der Waals surface area (Å²) >= 11 is 0. The van der Waals surface area contributed by atoms with Gasteiger partial charge in [-0.25, -0.2) is 0 Å². The monoisotopic (exact) mass is 518 g/mol. The van der Waals surface area contributed by atoms with Crippen molar-refractivity contribution in [3.63, 3.8) is 0 Å². The lowest BCUT2D eigenvalue weighted by atomic mass is 9.89. The number of guanidine groups is 1. The van der Waals surface area contributed by atoms with Gasteiger partial charge < -0.3 is 20.1 Å². The molecule has 2 aliphatic rings. The number of carbonyl (C=O) groups excluding carboxylic acids is 1. The van der Waals surface area contributed by atoms with Gasteiger partial charge in [-0.2, -0.15) is 0 Å². The maximum Gasteiger partial charge on any atom is 0.223 e. The van der Waals surface area contributed by atoms with Gasteiger partial charge in [0.2, 0.25) is 5.91 Å². The van der Waals surface area contributed by atoms with Crippen LogP contribution in [0.25, 0.3) is 0 Å². The summed E-state index contributed by atoms with van der Waals surface area (Å²) in [4.78, 5) is 21.6. The van der Waals surface area contributed by atoms with Gasteiger partial charge in [0.15, 0.2) is 5.96 Å². The lowest BCUT2D eigenvalue weighted by Crippen LogP contribution is -2.52. The fourth-order valence-electron chi connectivity index (χ4n) is 3.94. The Morgan fingerprint density at radius 3 is 2.62 bits per heavy atom. The number of rotatable bonds is 7. The second kappa shape index (κ2) is 13.0. The average molecular weight is 518 g/mol. The van der Waals surface area contributed by atoms with Gasteiger partial charge >= 0.3 is 0 Å². The normalized spacial score (nSPS) is 18.9. The van der Waals surface area contributed by atoms with Crippen LogP contribution in [0.1, 0.15) is 44.7 Å². The van der Waals surface area contributed by atoms with Gasteiger partial charge in [0.25, 0.3) is 0 Å². The molecular formula is C20H35IN6O2. The van der Waals surface area contributed by atoms with Crippen molar-refractivity contribution in [3.05, 3.63) is 18.0 Å². The fourth-order valence-corrected chi connectivity index (χ4v) is 3.94. The first-order valence-corrected chi connectivity index (χ1v) is 10.7. The lowest BCUT2D eigenvalue weighted by molar-refractivity contribution is -0.125. The summed E-state index contributed by atoms with van der Waals surface area (Å²) in [6, 6.07) is 1.92. The Morgan fingerprint density at radius 2 is 1.97 bits per heavy atom. The highest BCUT2D eigenvalue weighted by Crippen LogP contribution is 2.23. The maximum atomic E-state index is 12.2. The molecule has 0 spiro atoms. The van der Waals surface area contributed by atoms with E-state index in [2.05, 4.69) is 32.5 Å². The number of hydrogen-bond donors (Lipinski definition) is 2. The first-order chi connectivity index (χ1) is 13.8. The van der Waals surface area contributed by atoms with Crippen molar-refractivity contribution in [3.8, 4) is 0 Å². The largest absolute Gasteiger partial charge is 0.364 e. The van der Waals surface area contributed by atoms with Crippen molar-refractivity contribution in [2.45, 2.75) is 45.6 Å². The van der Waals surface area contributed by atoms with Crippen LogP contribution in [-0.2, 0) is 11.3 Å². The van der Waals surface area contributed by atoms with Gasteiger partial charge in [-0.15, -0.1) is 24.0 Å². The van der Waals surface area contributed by atoms with E-state index in [4.69, 9.17) is 9.52 Å². The molecule has 0 unspecified atom stereocenters. The smallest absolute Gasteiger partial charge is 0.223 e. The zero-order valence-corrected chi connectivity index (χ0v) is 19.8. The number of aromatic nitrogens is 1. The molecule has 2 fully saturated rings. The van der Waals surface area contributed by atoms with Crippen LogP contribution in [0.4, 0.5) is 0 Å². The highest BCUT2D eigenvalue weighted by Gasteiger charge is 2.21. The number of nitrogens with zero attached hydrogens (tertiary/aromatic N) is 4. The third-order valence-electron chi connectivity index (χ3n) is 5.53. The van der Waals surface area contributed by atoms with E-state index in [-0.39, 0.29) is 35.8 Å². The molecule has 1 aromatic heterocycles. The molecule has 9 heteroatoms. The number of hydrogen-bond acceptors (Lipinski definition) is 5. The van der Waals surface area contributed by atoms with E-state index in [1.54, 1.807) is 6.26 Å². The Hall–Kier alpha value is -1.36. The SMILES string of the molecule is CCNC(=NCCNC(=O)C1CCCCC1)N1CCN(Cc2ccon2)CC1.I. The Labute approximate surface area is 190 Å². The minimum absolute atomic E-state index is 0. The van der Waals surface area contributed by atoms with Crippen LogP contribution in [-0.4, -0.2) is 72.6 Å². The number of piperazine rings is 1. The van der Waals surface area contributed by atoms with Crippen LogP contribution >= 0.6 is 24.0 Å². The lowest BCUT2D eigenvalue weighted by Gasteiger charge is -2.36. The summed E-state index contributed by atoms with van der Waals surface area (Å²) in [5, 5.41) is 10.4. The standard InChI is InChI=1S/C20H34N6O2.HI/c1-2-21-20(23-10-9-22-19(27)17-6-4-3-5-7-17)26-13-11-25(12-14-26)16-18-8-15-28-24-18;/h8,15,17H,2-7,9-14,16H2,1H3,(H,21,23)(H,22,27);1H. The minimum atomic E-state index is 0. The van der Waals surface area contributed by atoms with Gasteiger partial charge in [0.05, 0.1) is 12.2 Å². The summed E-state index contributed by atoms with van der Waals surface area (Å²) in [6.07, 6.45) is 7.33. The Balaban J connectivity index is 0.00000300. The zero-order chi connectivity index (χ0) is 19.6. The number of amides is 1. The molecule has 0 aromatic carbocycles. The van der Waals surface area contributed by atoms with Crippen molar-refractivity contribution >= 4 is 35.8 Å². The number of nitrogens with one attached hydrogen (secondary N) is 2. The van der Waals surface area contributed by atoms with Crippen LogP contribution in [0.3, 0.4) is 0 Å². The Bertz CT molecular complexity index is 610. The van der Waals surface area contributed by atoms with E-state index in [9.17, 15) is 4.79 Å². The van der Waals surface area contributed by atoms with E-state index < -0.39 is 0 Å². The van der Waals surface area contributed by atoms with Gasteiger partial charge in [-0.3, -0.25) is 14.7 Å². The van der Waals surface area contributed by atoms with Crippen LogP contribution in [0.15, 0.2) is 21.8 Å². The molecule has 2 N–H and O–H groups in total. The first-order valence-electron chi connectivity index (χ1n) is 10.7. The molecule has 3 rings (SSSR count). The molecule has 8 nitrogen and oxygen atoms in total.